The maximum atomic E-state index is 11.7. The summed E-state index contributed by atoms with van der Waals surface area (Å²) in [7, 11) is 0. The van der Waals surface area contributed by atoms with E-state index in [1.54, 1.807) is 12.1 Å². The van der Waals surface area contributed by atoms with E-state index in [-0.39, 0.29) is 5.91 Å². The average Bonchev–Trinajstić information content (AvgIpc) is 3.12. The number of benzene rings is 1. The largest absolute Gasteiger partial charge is 0.354 e. The van der Waals surface area contributed by atoms with Crippen LogP contribution < -0.4 is 5.32 Å². The molecule has 0 heterocycles. The molecule has 18 heavy (non-hydrogen) atoms. The number of carbonyl (C=O) groups excluding carboxylic acids is 1. The van der Waals surface area contributed by atoms with Gasteiger partial charge in [0, 0.05) is 16.6 Å². The van der Waals surface area contributed by atoms with E-state index in [0.717, 1.165) is 5.56 Å². The highest BCUT2D eigenvalue weighted by atomic mass is 35.5. The maximum absolute atomic E-state index is 11.7. The lowest BCUT2D eigenvalue weighted by Crippen LogP contribution is -2.32. The van der Waals surface area contributed by atoms with Gasteiger partial charge in [-0.25, -0.2) is 0 Å². The molecule has 1 fully saturated rings. The van der Waals surface area contributed by atoms with Crippen LogP contribution in [0.1, 0.15) is 18.4 Å². The van der Waals surface area contributed by atoms with Gasteiger partial charge in [0.2, 0.25) is 5.91 Å². The third kappa shape index (κ3) is 2.77. The number of hydrogen-bond donors (Lipinski definition) is 1. The lowest BCUT2D eigenvalue weighted by molar-refractivity contribution is -0.124. The Morgan fingerprint density at radius 1 is 1.44 bits per heavy atom. The highest BCUT2D eigenvalue weighted by molar-refractivity contribution is 6.35. The number of nitrogens with one attached hydrogen (secondary N) is 1. The zero-order valence-corrected chi connectivity index (χ0v) is 11.2. The minimum Gasteiger partial charge on any atom is -0.354 e. The highest BCUT2D eigenvalue weighted by Gasteiger charge is 2.50. The van der Waals surface area contributed by atoms with Crippen LogP contribution in [0.2, 0.25) is 10.0 Å². The number of nitrogens with zero attached hydrogens (tertiary/aromatic N) is 1. The molecule has 3 nitrogen and oxygen atoms in total. The molecular weight excluding hydrogens is 271 g/mol. The van der Waals surface area contributed by atoms with E-state index < -0.39 is 5.41 Å². The minimum atomic E-state index is -0.760. The van der Waals surface area contributed by atoms with Crippen molar-refractivity contribution in [1.82, 2.24) is 5.32 Å². The molecule has 5 heteroatoms. The van der Waals surface area contributed by atoms with Crippen molar-refractivity contribution in [1.29, 1.82) is 5.26 Å². The van der Waals surface area contributed by atoms with Gasteiger partial charge in [-0.3, -0.25) is 4.79 Å². The molecule has 1 aromatic rings. The van der Waals surface area contributed by atoms with E-state index >= 15 is 0 Å². The van der Waals surface area contributed by atoms with Crippen LogP contribution in [0.15, 0.2) is 18.2 Å². The van der Waals surface area contributed by atoms with E-state index in [2.05, 4.69) is 11.4 Å². The number of nitriles is 1. The molecule has 1 aliphatic rings. The predicted octanol–water partition coefficient (Wildman–Crippen LogP) is 2.96. The number of amides is 1. The Hall–Kier alpha value is -1.24. The summed E-state index contributed by atoms with van der Waals surface area (Å²) in [5, 5.41) is 12.8. The van der Waals surface area contributed by atoms with Crippen molar-refractivity contribution in [3.63, 3.8) is 0 Å². The molecule has 94 valence electrons. The molecule has 0 saturated heterocycles. The van der Waals surface area contributed by atoms with Crippen molar-refractivity contribution in [2.75, 3.05) is 6.54 Å². The fourth-order valence-electron chi connectivity index (χ4n) is 1.72. The summed E-state index contributed by atoms with van der Waals surface area (Å²) in [6.07, 6.45) is 1.96. The zero-order valence-electron chi connectivity index (χ0n) is 9.67. The lowest BCUT2D eigenvalue weighted by Gasteiger charge is -2.09. The smallest absolute Gasteiger partial charge is 0.240 e. The van der Waals surface area contributed by atoms with Crippen LogP contribution in [-0.2, 0) is 11.2 Å². The van der Waals surface area contributed by atoms with Gasteiger partial charge in [-0.15, -0.1) is 0 Å². The van der Waals surface area contributed by atoms with E-state index in [4.69, 9.17) is 28.5 Å². The van der Waals surface area contributed by atoms with Gasteiger partial charge in [-0.05, 0) is 37.0 Å². The van der Waals surface area contributed by atoms with Crippen LogP contribution in [0.4, 0.5) is 0 Å². The van der Waals surface area contributed by atoms with Gasteiger partial charge in [0.25, 0.3) is 0 Å². The van der Waals surface area contributed by atoms with Gasteiger partial charge in [0.1, 0.15) is 5.41 Å². The number of rotatable bonds is 4. The van der Waals surface area contributed by atoms with Gasteiger partial charge in [-0.2, -0.15) is 5.26 Å². The van der Waals surface area contributed by atoms with Crippen LogP contribution >= 0.6 is 23.2 Å². The second-order valence-corrected chi connectivity index (χ2v) is 5.28. The minimum absolute atomic E-state index is 0.171. The summed E-state index contributed by atoms with van der Waals surface area (Å²) in [4.78, 5) is 11.7. The Morgan fingerprint density at radius 3 is 2.72 bits per heavy atom. The van der Waals surface area contributed by atoms with Gasteiger partial charge in [0.15, 0.2) is 0 Å². The topological polar surface area (TPSA) is 52.9 Å². The van der Waals surface area contributed by atoms with Crippen molar-refractivity contribution in [2.45, 2.75) is 19.3 Å². The quantitative estimate of drug-likeness (QED) is 0.923. The zero-order chi connectivity index (χ0) is 13.2. The summed E-state index contributed by atoms with van der Waals surface area (Å²) in [6.45, 7) is 0.476. The van der Waals surface area contributed by atoms with Gasteiger partial charge < -0.3 is 5.32 Å². The maximum Gasteiger partial charge on any atom is 0.240 e. The number of carbonyl (C=O) groups is 1. The highest BCUT2D eigenvalue weighted by Crippen LogP contribution is 2.44. The Bertz CT molecular complexity index is 518. The van der Waals surface area contributed by atoms with E-state index in [9.17, 15) is 4.79 Å². The molecule has 2 rings (SSSR count). The summed E-state index contributed by atoms with van der Waals surface area (Å²) < 4.78 is 0. The third-order valence-corrected chi connectivity index (χ3v) is 3.68. The van der Waals surface area contributed by atoms with Crippen molar-refractivity contribution in [3.05, 3.63) is 33.8 Å². The van der Waals surface area contributed by atoms with Crippen molar-refractivity contribution in [2.24, 2.45) is 5.41 Å². The first-order valence-corrected chi connectivity index (χ1v) is 6.46. The molecular formula is C13H12Cl2N2O. The summed E-state index contributed by atoms with van der Waals surface area (Å²) in [6, 6.07) is 7.35. The SMILES string of the molecule is N#CC1(C(=O)NCCc2ccc(Cl)cc2Cl)CC1. The molecule has 0 radical (unpaired) electrons. The first-order chi connectivity index (χ1) is 8.57. The van der Waals surface area contributed by atoms with Crippen molar-refractivity contribution >= 4 is 29.1 Å². The molecule has 1 saturated carbocycles. The fourth-order valence-corrected chi connectivity index (χ4v) is 2.22. The number of hydrogen-bond acceptors (Lipinski definition) is 2. The Kier molecular flexibility index (Phi) is 3.79. The molecule has 0 spiro atoms. The molecule has 0 atom stereocenters. The van der Waals surface area contributed by atoms with E-state index in [0.29, 0.717) is 35.9 Å². The summed E-state index contributed by atoms with van der Waals surface area (Å²) in [5.74, 6) is -0.171. The van der Waals surface area contributed by atoms with Crippen LogP contribution in [0.3, 0.4) is 0 Å². The molecule has 1 aromatic carbocycles. The monoisotopic (exact) mass is 282 g/mol. The molecule has 1 N–H and O–H groups in total. The van der Waals surface area contributed by atoms with Gasteiger partial charge in [0.05, 0.1) is 6.07 Å². The molecule has 1 amide bonds. The van der Waals surface area contributed by atoms with E-state index in [1.165, 1.54) is 0 Å². The lowest BCUT2D eigenvalue weighted by atomic mass is 10.1. The van der Waals surface area contributed by atoms with Crippen LogP contribution in [0.5, 0.6) is 0 Å². The van der Waals surface area contributed by atoms with Crippen LogP contribution in [-0.4, -0.2) is 12.5 Å². The number of halogens is 2. The first kappa shape index (κ1) is 13.2. The Morgan fingerprint density at radius 2 is 2.17 bits per heavy atom. The fraction of sp³-hybridized carbons (Fsp3) is 0.385. The predicted molar refractivity (Wildman–Crippen MR) is 70.5 cm³/mol. The van der Waals surface area contributed by atoms with Crippen molar-refractivity contribution in [3.8, 4) is 6.07 Å². The third-order valence-electron chi connectivity index (χ3n) is 3.09. The van der Waals surface area contributed by atoms with Crippen LogP contribution in [0.25, 0.3) is 0 Å². The normalized spacial score (nSPS) is 15.8. The second kappa shape index (κ2) is 5.17. The standard InChI is InChI=1S/C13H12Cl2N2O/c14-10-2-1-9(11(15)7-10)3-6-17-12(18)13(8-16)4-5-13/h1-2,7H,3-6H2,(H,17,18). The summed E-state index contributed by atoms with van der Waals surface area (Å²) in [5.41, 5.74) is 0.173. The molecule has 0 bridgehead atoms. The molecule has 0 aliphatic heterocycles. The van der Waals surface area contributed by atoms with E-state index in [1.807, 2.05) is 6.07 Å². The average molecular weight is 283 g/mol. The molecule has 1 aliphatic carbocycles. The Balaban J connectivity index is 1.86. The van der Waals surface area contributed by atoms with Gasteiger partial charge >= 0.3 is 0 Å². The first-order valence-electron chi connectivity index (χ1n) is 5.71. The second-order valence-electron chi connectivity index (χ2n) is 4.44. The van der Waals surface area contributed by atoms with Crippen LogP contribution in [0, 0.1) is 16.7 Å². The summed E-state index contributed by atoms with van der Waals surface area (Å²) >= 11 is 11.8. The van der Waals surface area contributed by atoms with Gasteiger partial charge in [-0.1, -0.05) is 29.3 Å². The molecule has 0 unspecified atom stereocenters. The Labute approximate surface area is 116 Å². The molecule has 0 aromatic heterocycles. The van der Waals surface area contributed by atoms with Crippen molar-refractivity contribution < 1.29 is 4.79 Å².